The van der Waals surface area contributed by atoms with Crippen molar-refractivity contribution in [1.29, 1.82) is 0 Å². The van der Waals surface area contributed by atoms with Crippen LogP contribution in [-0.2, 0) is 16.1 Å². The van der Waals surface area contributed by atoms with E-state index >= 15 is 0 Å². The lowest BCUT2D eigenvalue weighted by Gasteiger charge is -2.32. The summed E-state index contributed by atoms with van der Waals surface area (Å²) in [6.07, 6.45) is 1.34. The minimum Gasteiger partial charge on any atom is -0.480 e. The zero-order valence-corrected chi connectivity index (χ0v) is 19.3. The van der Waals surface area contributed by atoms with Gasteiger partial charge in [0.05, 0.1) is 12.6 Å². The highest BCUT2D eigenvalue weighted by Crippen LogP contribution is 2.35. The third-order valence-corrected chi connectivity index (χ3v) is 5.52. The minimum absolute atomic E-state index is 0.00715. The fourth-order valence-corrected chi connectivity index (χ4v) is 4.07. The predicted molar refractivity (Wildman–Crippen MR) is 124 cm³/mol. The van der Waals surface area contributed by atoms with E-state index < -0.39 is 6.10 Å². The summed E-state index contributed by atoms with van der Waals surface area (Å²) in [5.41, 5.74) is 2.67. The number of rotatable bonds is 6. The smallest absolute Gasteiger partial charge is 0.264 e. The Morgan fingerprint density at radius 2 is 1.87 bits per heavy atom. The Morgan fingerprint density at radius 3 is 2.48 bits per heavy atom. The highest BCUT2D eigenvalue weighted by Gasteiger charge is 2.34. The van der Waals surface area contributed by atoms with Gasteiger partial charge in [0.1, 0.15) is 5.75 Å². The first kappa shape index (κ1) is 22.9. The van der Waals surface area contributed by atoms with Crippen molar-refractivity contribution in [3.05, 3.63) is 59.7 Å². The van der Waals surface area contributed by atoms with Crippen LogP contribution in [-0.4, -0.2) is 22.8 Å². The fraction of sp³-hybridized carbons (Fsp3) is 0.462. The second-order valence-electron chi connectivity index (χ2n) is 9.42. The molecule has 2 amide bonds. The largest absolute Gasteiger partial charge is 0.480 e. The van der Waals surface area contributed by atoms with Gasteiger partial charge in [-0.3, -0.25) is 9.59 Å². The lowest BCUT2D eigenvalue weighted by Crippen LogP contribution is -2.41. The third-order valence-electron chi connectivity index (χ3n) is 5.52. The number of hydrogen-bond acceptors (Lipinski definition) is 3. The van der Waals surface area contributed by atoms with Crippen molar-refractivity contribution in [2.24, 2.45) is 5.41 Å². The van der Waals surface area contributed by atoms with Crippen LogP contribution in [0.25, 0.3) is 0 Å². The summed E-state index contributed by atoms with van der Waals surface area (Å²) in [5.74, 6) is 0.698. The van der Waals surface area contributed by atoms with Gasteiger partial charge in [0, 0.05) is 17.7 Å². The quantitative estimate of drug-likeness (QED) is 0.648. The Bertz CT molecular complexity index is 918. The zero-order chi connectivity index (χ0) is 22.6. The first-order chi connectivity index (χ1) is 14.7. The number of hydrogen-bond donors (Lipinski definition) is 1. The van der Waals surface area contributed by atoms with Gasteiger partial charge in [-0.1, -0.05) is 65.0 Å². The van der Waals surface area contributed by atoms with Crippen LogP contribution in [0.5, 0.6) is 5.75 Å². The topological polar surface area (TPSA) is 58.6 Å². The number of amides is 2. The van der Waals surface area contributed by atoms with Gasteiger partial charge in [-0.2, -0.15) is 0 Å². The molecule has 166 valence electrons. The molecule has 2 atom stereocenters. The molecule has 5 heteroatoms. The predicted octanol–water partition coefficient (Wildman–Crippen LogP) is 5.71. The van der Waals surface area contributed by atoms with Crippen molar-refractivity contribution < 1.29 is 14.3 Å². The van der Waals surface area contributed by atoms with Gasteiger partial charge in [-0.05, 0) is 42.0 Å². The minimum atomic E-state index is -0.514. The number of nitrogens with zero attached hydrogens (tertiary/aromatic N) is 1. The molecule has 0 fully saturated rings. The van der Waals surface area contributed by atoms with Crippen LogP contribution in [0.4, 0.5) is 5.69 Å². The number of carbonyl (C=O) groups excluding carboxylic acids is 2. The molecule has 0 unspecified atom stereocenters. The average molecular weight is 423 g/mol. The van der Waals surface area contributed by atoms with Crippen molar-refractivity contribution in [2.75, 3.05) is 5.32 Å². The van der Waals surface area contributed by atoms with E-state index in [2.05, 4.69) is 24.4 Å². The molecule has 1 N–H and O–H groups in total. The molecule has 0 radical (unpaired) electrons. The Hall–Kier alpha value is -2.82. The van der Waals surface area contributed by atoms with E-state index in [1.54, 1.807) is 0 Å². The number of fused-ring (bicyclic) bond motifs is 1. The van der Waals surface area contributed by atoms with Gasteiger partial charge in [0.25, 0.3) is 5.91 Å². The molecule has 0 saturated carbocycles. The molecule has 3 rings (SSSR count). The Kier molecular flexibility index (Phi) is 7.04. The Labute approximate surface area is 185 Å². The molecular weight excluding hydrogens is 388 g/mol. The molecule has 0 bridgehead atoms. The SMILES string of the molecule is CC[C@@H]1Oc2ccc(NC(=O)CC(C)(C)C)cc2CN([C@H](CC)c2ccccc2)C1=O. The van der Waals surface area contributed by atoms with E-state index in [0.717, 1.165) is 23.2 Å². The number of ether oxygens (including phenoxy) is 1. The van der Waals surface area contributed by atoms with Crippen molar-refractivity contribution in [3.8, 4) is 5.75 Å². The van der Waals surface area contributed by atoms with Gasteiger partial charge < -0.3 is 15.0 Å². The van der Waals surface area contributed by atoms with E-state index in [0.29, 0.717) is 25.1 Å². The van der Waals surface area contributed by atoms with Crippen molar-refractivity contribution >= 4 is 17.5 Å². The van der Waals surface area contributed by atoms with E-state index in [1.165, 1.54) is 0 Å². The highest BCUT2D eigenvalue weighted by molar-refractivity contribution is 5.91. The van der Waals surface area contributed by atoms with Crippen LogP contribution in [0.1, 0.15) is 71.0 Å². The number of nitrogens with one attached hydrogen (secondary N) is 1. The second kappa shape index (κ2) is 9.54. The average Bonchev–Trinajstić information content (AvgIpc) is 2.84. The molecule has 1 heterocycles. The molecule has 0 aromatic heterocycles. The van der Waals surface area contributed by atoms with Crippen molar-refractivity contribution in [2.45, 2.75) is 72.6 Å². The second-order valence-corrected chi connectivity index (χ2v) is 9.42. The van der Waals surface area contributed by atoms with Crippen molar-refractivity contribution in [1.82, 2.24) is 4.90 Å². The molecule has 5 nitrogen and oxygen atoms in total. The van der Waals surface area contributed by atoms with Gasteiger partial charge in [0.15, 0.2) is 6.10 Å². The summed E-state index contributed by atoms with van der Waals surface area (Å²) < 4.78 is 6.12. The Balaban J connectivity index is 1.92. The molecule has 2 aromatic carbocycles. The molecule has 0 aliphatic carbocycles. The summed E-state index contributed by atoms with van der Waals surface area (Å²) in [6.45, 7) is 10.6. The lowest BCUT2D eigenvalue weighted by molar-refractivity contribution is -0.141. The summed E-state index contributed by atoms with van der Waals surface area (Å²) in [7, 11) is 0. The molecule has 0 spiro atoms. The molecule has 1 aliphatic heterocycles. The van der Waals surface area contributed by atoms with E-state index in [-0.39, 0.29) is 23.3 Å². The maximum Gasteiger partial charge on any atom is 0.264 e. The van der Waals surface area contributed by atoms with E-state index in [4.69, 9.17) is 4.74 Å². The summed E-state index contributed by atoms with van der Waals surface area (Å²) in [4.78, 5) is 27.7. The lowest BCUT2D eigenvalue weighted by atomic mass is 9.92. The van der Waals surface area contributed by atoms with Crippen LogP contribution in [0.15, 0.2) is 48.5 Å². The molecule has 0 saturated heterocycles. The van der Waals surface area contributed by atoms with Crippen LogP contribution in [0.3, 0.4) is 0 Å². The van der Waals surface area contributed by atoms with Gasteiger partial charge >= 0.3 is 0 Å². The van der Waals surface area contributed by atoms with Crippen LogP contribution in [0.2, 0.25) is 0 Å². The fourth-order valence-electron chi connectivity index (χ4n) is 4.07. The van der Waals surface area contributed by atoms with Crippen LogP contribution < -0.4 is 10.1 Å². The maximum atomic E-state index is 13.4. The third kappa shape index (κ3) is 5.66. The molecular formula is C26H34N2O3. The van der Waals surface area contributed by atoms with Crippen LogP contribution >= 0.6 is 0 Å². The van der Waals surface area contributed by atoms with Gasteiger partial charge in [-0.15, -0.1) is 0 Å². The number of benzene rings is 2. The highest BCUT2D eigenvalue weighted by atomic mass is 16.5. The summed E-state index contributed by atoms with van der Waals surface area (Å²) in [5, 5.41) is 3.00. The van der Waals surface area contributed by atoms with Gasteiger partial charge in [-0.25, -0.2) is 0 Å². The molecule has 2 aromatic rings. The van der Waals surface area contributed by atoms with E-state index in [1.807, 2.05) is 69.0 Å². The zero-order valence-electron chi connectivity index (χ0n) is 19.3. The van der Waals surface area contributed by atoms with Gasteiger partial charge in [0.2, 0.25) is 5.91 Å². The summed E-state index contributed by atoms with van der Waals surface area (Å²) >= 11 is 0. The molecule has 31 heavy (non-hydrogen) atoms. The summed E-state index contributed by atoms with van der Waals surface area (Å²) in [6, 6.07) is 15.8. The number of anilines is 1. The maximum absolute atomic E-state index is 13.4. The monoisotopic (exact) mass is 422 g/mol. The van der Waals surface area contributed by atoms with Crippen LogP contribution in [0, 0.1) is 5.41 Å². The van der Waals surface area contributed by atoms with E-state index in [9.17, 15) is 9.59 Å². The first-order valence-corrected chi connectivity index (χ1v) is 11.2. The first-order valence-electron chi connectivity index (χ1n) is 11.2. The van der Waals surface area contributed by atoms with Crippen molar-refractivity contribution in [3.63, 3.8) is 0 Å². The standard InChI is InChI=1S/C26H34N2O3/c1-6-21(18-11-9-8-10-12-18)28-17-19-15-20(27-24(29)16-26(3,4)5)13-14-23(19)31-22(7-2)25(28)30/h8-15,21-22H,6-7,16-17H2,1-5H3,(H,27,29)/t21-,22+/m1/s1. The number of carbonyl (C=O) groups is 2. The Morgan fingerprint density at radius 1 is 1.16 bits per heavy atom. The molecule has 1 aliphatic rings. The normalized spacial score (nSPS) is 17.4.